The quantitative estimate of drug-likeness (QED) is 0.490. The highest BCUT2D eigenvalue weighted by molar-refractivity contribution is 7.91. The van der Waals surface area contributed by atoms with Crippen molar-refractivity contribution in [3.8, 4) is 5.69 Å². The van der Waals surface area contributed by atoms with Crippen LogP contribution in [0.15, 0.2) is 95.1 Å². The highest BCUT2D eigenvalue weighted by atomic mass is 35.5. The summed E-state index contributed by atoms with van der Waals surface area (Å²) in [5, 5.41) is 3.15. The van der Waals surface area contributed by atoms with Gasteiger partial charge in [0.05, 0.1) is 11.1 Å². The average Bonchev–Trinajstić information content (AvgIpc) is 3.18. The number of nitrogens with zero attached hydrogens (tertiary/aromatic N) is 3. The number of rotatable bonds is 5. The smallest absolute Gasteiger partial charge is 0.210 e. The molecular weight excluding hydrogens is 396 g/mol. The van der Waals surface area contributed by atoms with E-state index in [2.05, 4.69) is 15.3 Å². The molecule has 0 saturated carbocycles. The fraction of sp³-hybridized carbons (Fsp3) is 0. The number of aromatic nitrogens is 3. The van der Waals surface area contributed by atoms with Crippen LogP contribution in [0.4, 0.5) is 11.6 Å². The van der Waals surface area contributed by atoms with Crippen molar-refractivity contribution in [3.63, 3.8) is 0 Å². The Balaban J connectivity index is 1.72. The van der Waals surface area contributed by atoms with E-state index in [0.29, 0.717) is 5.82 Å². The summed E-state index contributed by atoms with van der Waals surface area (Å²) >= 11 is 6.01. The summed E-state index contributed by atoms with van der Waals surface area (Å²) in [6, 6.07) is 20.7. The lowest BCUT2D eigenvalue weighted by Gasteiger charge is -2.11. The molecular formula is C20H15ClN4O2S. The van der Waals surface area contributed by atoms with Gasteiger partial charge in [0.15, 0.2) is 5.82 Å². The molecule has 0 unspecified atom stereocenters. The fourth-order valence-electron chi connectivity index (χ4n) is 2.71. The van der Waals surface area contributed by atoms with Crippen molar-refractivity contribution in [3.05, 3.63) is 90.5 Å². The predicted molar refractivity (Wildman–Crippen MR) is 108 cm³/mol. The second-order valence-corrected chi connectivity index (χ2v) is 8.23. The van der Waals surface area contributed by atoms with E-state index in [1.807, 2.05) is 34.9 Å². The van der Waals surface area contributed by atoms with E-state index in [1.165, 1.54) is 24.3 Å². The molecule has 140 valence electrons. The zero-order chi connectivity index (χ0) is 19.6. The van der Waals surface area contributed by atoms with Gasteiger partial charge in [-0.05, 0) is 36.4 Å². The number of anilines is 2. The topological polar surface area (TPSA) is 76.9 Å². The van der Waals surface area contributed by atoms with Gasteiger partial charge in [-0.2, -0.15) is 0 Å². The molecule has 0 aliphatic rings. The average molecular weight is 411 g/mol. The Morgan fingerprint density at radius 3 is 2.29 bits per heavy atom. The molecule has 0 radical (unpaired) electrons. The van der Waals surface area contributed by atoms with Crippen LogP contribution in [0.25, 0.3) is 5.69 Å². The Morgan fingerprint density at radius 2 is 1.57 bits per heavy atom. The Hall–Kier alpha value is -3.16. The molecule has 4 aromatic rings. The normalized spacial score (nSPS) is 11.3. The van der Waals surface area contributed by atoms with Gasteiger partial charge in [-0.3, -0.25) is 0 Å². The van der Waals surface area contributed by atoms with Crippen molar-refractivity contribution < 1.29 is 8.42 Å². The molecule has 1 N–H and O–H groups in total. The summed E-state index contributed by atoms with van der Waals surface area (Å²) in [5.74, 6) is 0.567. The maximum Gasteiger partial charge on any atom is 0.210 e. The Labute approximate surface area is 167 Å². The minimum absolute atomic E-state index is 0.0253. The first-order valence-electron chi connectivity index (χ1n) is 8.37. The van der Waals surface area contributed by atoms with E-state index in [0.717, 1.165) is 5.69 Å². The van der Waals surface area contributed by atoms with Gasteiger partial charge in [0, 0.05) is 5.69 Å². The van der Waals surface area contributed by atoms with Gasteiger partial charge >= 0.3 is 0 Å². The molecule has 0 fully saturated rings. The van der Waals surface area contributed by atoms with Crippen molar-refractivity contribution in [2.75, 3.05) is 5.32 Å². The van der Waals surface area contributed by atoms with E-state index in [1.54, 1.807) is 30.7 Å². The van der Waals surface area contributed by atoms with Crippen LogP contribution in [0.5, 0.6) is 0 Å². The lowest BCUT2D eigenvalue weighted by Crippen LogP contribution is -2.07. The first-order chi connectivity index (χ1) is 13.5. The molecule has 0 saturated heterocycles. The van der Waals surface area contributed by atoms with Crippen LogP contribution in [-0.4, -0.2) is 23.0 Å². The molecule has 28 heavy (non-hydrogen) atoms. The summed E-state index contributed by atoms with van der Waals surface area (Å²) in [4.78, 5) is 8.66. The number of halogens is 1. The second kappa shape index (κ2) is 7.46. The summed E-state index contributed by atoms with van der Waals surface area (Å²) in [6.45, 7) is 0. The third-order valence-electron chi connectivity index (χ3n) is 4.05. The van der Waals surface area contributed by atoms with Gasteiger partial charge in [0.1, 0.15) is 22.2 Å². The van der Waals surface area contributed by atoms with Crippen LogP contribution in [0.1, 0.15) is 0 Å². The molecule has 2 heterocycles. The van der Waals surface area contributed by atoms with Gasteiger partial charge in [0.2, 0.25) is 9.84 Å². The van der Waals surface area contributed by atoms with Gasteiger partial charge < -0.3 is 9.88 Å². The highest BCUT2D eigenvalue weighted by Gasteiger charge is 2.23. The number of benzene rings is 2. The number of pyridine rings is 1. The summed E-state index contributed by atoms with van der Waals surface area (Å²) in [5.41, 5.74) is 0.930. The number of hydrogen-bond acceptors (Lipinski definition) is 5. The van der Waals surface area contributed by atoms with Crippen molar-refractivity contribution in [2.45, 2.75) is 9.79 Å². The largest absolute Gasteiger partial charge is 0.323 e. The Morgan fingerprint density at radius 1 is 0.893 bits per heavy atom. The SMILES string of the molecule is O=S(=O)(c1ccccc1)c1ccc(Cl)nc1Nc1cn(-c2ccccc2)cn1. The molecule has 0 spiro atoms. The van der Waals surface area contributed by atoms with Gasteiger partial charge in [0.25, 0.3) is 0 Å². The zero-order valence-corrected chi connectivity index (χ0v) is 16.1. The van der Waals surface area contributed by atoms with Crippen molar-refractivity contribution in [2.24, 2.45) is 0 Å². The lowest BCUT2D eigenvalue weighted by molar-refractivity contribution is 0.596. The molecule has 2 aromatic heterocycles. The standard InChI is InChI=1S/C20H15ClN4O2S/c21-18-12-11-17(28(26,27)16-9-5-2-6-10-16)20(23-18)24-19-13-25(14-22-19)15-7-3-1-4-8-15/h1-14H,(H,23,24). The molecule has 0 aliphatic heterocycles. The first-order valence-corrected chi connectivity index (χ1v) is 10.2. The van der Waals surface area contributed by atoms with E-state index in [9.17, 15) is 8.42 Å². The summed E-state index contributed by atoms with van der Waals surface area (Å²) in [7, 11) is -3.77. The second-order valence-electron chi connectivity index (χ2n) is 5.92. The van der Waals surface area contributed by atoms with Gasteiger partial charge in [-0.25, -0.2) is 18.4 Å². The molecule has 2 aromatic carbocycles. The van der Waals surface area contributed by atoms with E-state index in [4.69, 9.17) is 11.6 Å². The number of sulfone groups is 1. The van der Waals surface area contributed by atoms with Crippen molar-refractivity contribution >= 4 is 33.1 Å². The monoisotopic (exact) mass is 410 g/mol. The number of nitrogens with one attached hydrogen (secondary N) is 1. The van der Waals surface area contributed by atoms with Crippen LogP contribution in [0.3, 0.4) is 0 Å². The molecule has 0 aliphatic carbocycles. The number of hydrogen-bond donors (Lipinski definition) is 1. The lowest BCUT2D eigenvalue weighted by atomic mass is 10.3. The van der Waals surface area contributed by atoms with Crippen LogP contribution in [-0.2, 0) is 9.84 Å². The van der Waals surface area contributed by atoms with E-state index in [-0.39, 0.29) is 20.8 Å². The third kappa shape index (κ3) is 3.62. The summed E-state index contributed by atoms with van der Waals surface area (Å²) < 4.78 is 27.9. The third-order valence-corrected chi connectivity index (χ3v) is 6.06. The van der Waals surface area contributed by atoms with Gasteiger partial charge in [-0.1, -0.05) is 48.0 Å². The van der Waals surface area contributed by atoms with Crippen LogP contribution in [0, 0.1) is 0 Å². The maximum absolute atomic E-state index is 13.0. The zero-order valence-electron chi connectivity index (χ0n) is 14.5. The molecule has 0 bridgehead atoms. The molecule has 6 nitrogen and oxygen atoms in total. The van der Waals surface area contributed by atoms with E-state index >= 15 is 0 Å². The van der Waals surface area contributed by atoms with E-state index < -0.39 is 9.84 Å². The number of para-hydroxylation sites is 1. The molecule has 0 atom stereocenters. The summed E-state index contributed by atoms with van der Waals surface area (Å²) in [6.07, 6.45) is 3.38. The van der Waals surface area contributed by atoms with Gasteiger partial charge in [-0.15, -0.1) is 0 Å². The maximum atomic E-state index is 13.0. The molecule has 4 rings (SSSR count). The minimum Gasteiger partial charge on any atom is -0.323 e. The highest BCUT2D eigenvalue weighted by Crippen LogP contribution is 2.29. The molecule has 8 heteroatoms. The fourth-order valence-corrected chi connectivity index (χ4v) is 4.22. The minimum atomic E-state index is -3.77. The molecule has 0 amide bonds. The van der Waals surface area contributed by atoms with Crippen molar-refractivity contribution in [1.29, 1.82) is 0 Å². The van der Waals surface area contributed by atoms with Crippen LogP contribution in [0.2, 0.25) is 5.15 Å². The Kier molecular flexibility index (Phi) is 4.85. The van der Waals surface area contributed by atoms with Crippen LogP contribution < -0.4 is 5.32 Å². The van der Waals surface area contributed by atoms with Crippen LogP contribution >= 0.6 is 11.6 Å². The number of imidazole rings is 1. The Bertz CT molecular complexity index is 1210. The first kappa shape index (κ1) is 18.2. The predicted octanol–water partition coefficient (Wildman–Crippen LogP) is 4.50. The van der Waals surface area contributed by atoms with Crippen molar-refractivity contribution in [1.82, 2.24) is 14.5 Å².